The molecule has 3 rings (SSSR count). The van der Waals surface area contributed by atoms with E-state index in [0.29, 0.717) is 11.5 Å². The fourth-order valence-corrected chi connectivity index (χ4v) is 3.96. The monoisotopic (exact) mass is 257 g/mol. The van der Waals surface area contributed by atoms with Crippen molar-refractivity contribution in [1.29, 1.82) is 0 Å². The molecule has 1 saturated carbocycles. The van der Waals surface area contributed by atoms with Crippen molar-refractivity contribution in [3.63, 3.8) is 0 Å². The van der Waals surface area contributed by atoms with Crippen molar-refractivity contribution >= 4 is 5.69 Å². The van der Waals surface area contributed by atoms with E-state index in [4.69, 9.17) is 0 Å². The summed E-state index contributed by atoms with van der Waals surface area (Å²) in [5.74, 6) is 0. The second kappa shape index (κ2) is 5.19. The van der Waals surface area contributed by atoms with Gasteiger partial charge in [-0.2, -0.15) is 0 Å². The number of hydrogen-bond donors (Lipinski definition) is 1. The van der Waals surface area contributed by atoms with Crippen molar-refractivity contribution < 1.29 is 0 Å². The zero-order chi connectivity index (χ0) is 13.3. The molecule has 0 aromatic heterocycles. The maximum atomic E-state index is 3.86. The summed E-state index contributed by atoms with van der Waals surface area (Å²) in [4.78, 5) is 0. The summed E-state index contributed by atoms with van der Waals surface area (Å²) in [5.41, 5.74) is 5.15. The molecule has 104 valence electrons. The molecule has 1 atom stereocenters. The highest BCUT2D eigenvalue weighted by Crippen LogP contribution is 2.37. The summed E-state index contributed by atoms with van der Waals surface area (Å²) in [7, 11) is 0. The number of benzene rings is 1. The number of rotatable bonds is 2. The first-order chi connectivity index (χ1) is 9.14. The largest absolute Gasteiger partial charge is 0.382 e. The van der Waals surface area contributed by atoms with Crippen molar-refractivity contribution in [3.05, 3.63) is 29.3 Å². The van der Waals surface area contributed by atoms with E-state index in [0.717, 1.165) is 0 Å². The van der Waals surface area contributed by atoms with Gasteiger partial charge in [-0.1, -0.05) is 32.4 Å². The third kappa shape index (κ3) is 2.96. The molecule has 0 heterocycles. The molecule has 1 aromatic carbocycles. The molecule has 2 aliphatic rings. The predicted molar refractivity (Wildman–Crippen MR) is 82.7 cm³/mol. The summed E-state index contributed by atoms with van der Waals surface area (Å²) < 4.78 is 0. The van der Waals surface area contributed by atoms with Crippen LogP contribution in [0.2, 0.25) is 0 Å². The third-order valence-corrected chi connectivity index (χ3v) is 4.96. The lowest BCUT2D eigenvalue weighted by Gasteiger charge is -2.36. The van der Waals surface area contributed by atoms with Gasteiger partial charge >= 0.3 is 0 Å². The molecule has 0 spiro atoms. The number of anilines is 1. The van der Waals surface area contributed by atoms with Gasteiger partial charge in [-0.3, -0.25) is 0 Å². The number of aryl methyl sites for hydroxylation is 1. The summed E-state index contributed by atoms with van der Waals surface area (Å²) >= 11 is 0. The van der Waals surface area contributed by atoms with E-state index in [9.17, 15) is 0 Å². The molecule has 0 aliphatic heterocycles. The molecule has 0 radical (unpaired) electrons. The van der Waals surface area contributed by atoms with Crippen molar-refractivity contribution in [2.75, 3.05) is 5.32 Å². The molecule has 1 unspecified atom stereocenters. The average molecular weight is 257 g/mol. The summed E-state index contributed by atoms with van der Waals surface area (Å²) in [6, 6.07) is 7.54. The van der Waals surface area contributed by atoms with Gasteiger partial charge < -0.3 is 5.32 Å². The van der Waals surface area contributed by atoms with Crippen molar-refractivity contribution in [2.24, 2.45) is 5.41 Å². The lowest BCUT2D eigenvalue weighted by Crippen LogP contribution is -2.32. The van der Waals surface area contributed by atoms with E-state index in [-0.39, 0.29) is 0 Å². The van der Waals surface area contributed by atoms with E-state index in [1.165, 1.54) is 57.1 Å². The lowest BCUT2D eigenvalue weighted by atomic mass is 9.75. The Hall–Kier alpha value is -0.980. The average Bonchev–Trinajstić information content (AvgIpc) is 2.38. The number of nitrogens with one attached hydrogen (secondary N) is 1. The van der Waals surface area contributed by atoms with Gasteiger partial charge in [0, 0.05) is 11.7 Å². The minimum Gasteiger partial charge on any atom is -0.382 e. The minimum absolute atomic E-state index is 0.519. The highest BCUT2D eigenvalue weighted by atomic mass is 14.9. The van der Waals surface area contributed by atoms with Crippen LogP contribution >= 0.6 is 0 Å². The molecule has 19 heavy (non-hydrogen) atoms. The third-order valence-electron chi connectivity index (χ3n) is 4.96. The van der Waals surface area contributed by atoms with Gasteiger partial charge in [-0.15, -0.1) is 0 Å². The highest BCUT2D eigenvalue weighted by molar-refractivity contribution is 5.56. The van der Waals surface area contributed by atoms with Gasteiger partial charge in [0.15, 0.2) is 0 Å². The predicted octanol–water partition coefficient (Wildman–Crippen LogP) is 4.95. The van der Waals surface area contributed by atoms with Crippen molar-refractivity contribution in [1.82, 2.24) is 0 Å². The van der Waals surface area contributed by atoms with Crippen molar-refractivity contribution in [2.45, 2.75) is 71.3 Å². The maximum Gasteiger partial charge on any atom is 0.0377 e. The van der Waals surface area contributed by atoms with Crippen LogP contribution in [-0.4, -0.2) is 6.04 Å². The first-order valence-corrected chi connectivity index (χ1v) is 8.01. The van der Waals surface area contributed by atoms with E-state index in [1.807, 2.05) is 0 Å². The Labute approximate surface area is 117 Å². The van der Waals surface area contributed by atoms with Crippen LogP contribution in [0.1, 0.15) is 63.5 Å². The SMILES string of the molecule is CC1(C)CCCC(Nc2cccc3c2CCCC3)C1. The minimum atomic E-state index is 0.519. The van der Waals surface area contributed by atoms with Crippen LogP contribution in [-0.2, 0) is 12.8 Å². The molecule has 2 aliphatic carbocycles. The molecule has 0 saturated heterocycles. The molecule has 0 amide bonds. The Kier molecular flexibility index (Phi) is 3.56. The topological polar surface area (TPSA) is 12.0 Å². The first kappa shape index (κ1) is 13.0. The zero-order valence-corrected chi connectivity index (χ0v) is 12.5. The van der Waals surface area contributed by atoms with E-state index in [2.05, 4.69) is 37.4 Å². The smallest absolute Gasteiger partial charge is 0.0377 e. The van der Waals surface area contributed by atoms with Crippen LogP contribution < -0.4 is 5.32 Å². The van der Waals surface area contributed by atoms with Crippen LogP contribution in [0, 0.1) is 5.41 Å². The van der Waals surface area contributed by atoms with Gasteiger partial charge in [-0.25, -0.2) is 0 Å². The van der Waals surface area contributed by atoms with Crippen molar-refractivity contribution in [3.8, 4) is 0 Å². The van der Waals surface area contributed by atoms with Crippen LogP contribution in [0.4, 0.5) is 5.69 Å². The maximum absolute atomic E-state index is 3.86. The Morgan fingerprint density at radius 3 is 2.79 bits per heavy atom. The quantitative estimate of drug-likeness (QED) is 0.790. The Bertz CT molecular complexity index is 447. The molecule has 1 nitrogen and oxygen atoms in total. The molecule has 1 heteroatoms. The summed E-state index contributed by atoms with van der Waals surface area (Å²) in [6.07, 6.45) is 10.7. The summed E-state index contributed by atoms with van der Waals surface area (Å²) in [5, 5.41) is 3.86. The lowest BCUT2D eigenvalue weighted by molar-refractivity contribution is 0.229. The van der Waals surface area contributed by atoms with Crippen LogP contribution in [0.25, 0.3) is 0 Å². The van der Waals surface area contributed by atoms with E-state index >= 15 is 0 Å². The fourth-order valence-electron chi connectivity index (χ4n) is 3.96. The Morgan fingerprint density at radius 2 is 1.95 bits per heavy atom. The molecular formula is C18H27N. The zero-order valence-electron chi connectivity index (χ0n) is 12.5. The second-order valence-electron chi connectivity index (χ2n) is 7.25. The standard InChI is InChI=1S/C18H27N/c1-18(2)12-6-9-15(13-18)19-17-11-5-8-14-7-3-4-10-16(14)17/h5,8,11,15,19H,3-4,6-7,9-10,12-13H2,1-2H3. The van der Waals surface area contributed by atoms with Gasteiger partial charge in [0.05, 0.1) is 0 Å². The fraction of sp³-hybridized carbons (Fsp3) is 0.667. The Balaban J connectivity index is 1.76. The molecule has 1 aromatic rings. The molecular weight excluding hydrogens is 230 g/mol. The van der Waals surface area contributed by atoms with E-state index < -0.39 is 0 Å². The molecule has 1 fully saturated rings. The number of fused-ring (bicyclic) bond motifs is 1. The van der Waals surface area contributed by atoms with Gasteiger partial charge in [-0.05, 0) is 67.6 Å². The van der Waals surface area contributed by atoms with E-state index in [1.54, 1.807) is 11.1 Å². The summed E-state index contributed by atoms with van der Waals surface area (Å²) in [6.45, 7) is 4.84. The second-order valence-corrected chi connectivity index (χ2v) is 7.25. The van der Waals surface area contributed by atoms with Gasteiger partial charge in [0.25, 0.3) is 0 Å². The Morgan fingerprint density at radius 1 is 1.11 bits per heavy atom. The normalized spacial score (nSPS) is 25.7. The van der Waals surface area contributed by atoms with Crippen LogP contribution in [0.5, 0.6) is 0 Å². The molecule has 0 bridgehead atoms. The first-order valence-electron chi connectivity index (χ1n) is 8.01. The van der Waals surface area contributed by atoms with Crippen LogP contribution in [0.15, 0.2) is 18.2 Å². The number of hydrogen-bond acceptors (Lipinski definition) is 1. The van der Waals surface area contributed by atoms with Gasteiger partial charge in [0.2, 0.25) is 0 Å². The van der Waals surface area contributed by atoms with Gasteiger partial charge in [0.1, 0.15) is 0 Å². The highest BCUT2D eigenvalue weighted by Gasteiger charge is 2.28. The molecule has 1 N–H and O–H groups in total. The van der Waals surface area contributed by atoms with Crippen LogP contribution in [0.3, 0.4) is 0 Å².